The molecule has 0 aromatic heterocycles. The van der Waals surface area contributed by atoms with Gasteiger partial charge in [-0.25, -0.2) is 0 Å². The molecule has 1 atom stereocenters. The fourth-order valence-electron chi connectivity index (χ4n) is 2.39. The molecule has 4 nitrogen and oxygen atoms in total. The normalized spacial score (nSPS) is 11.6. The lowest BCUT2D eigenvalue weighted by Crippen LogP contribution is -2.32. The number of nitrogens with one attached hydrogen (secondary N) is 2. The lowest BCUT2D eigenvalue weighted by Gasteiger charge is -2.14. The molecule has 2 N–H and O–H groups in total. The second-order valence-electron chi connectivity index (χ2n) is 5.88. The van der Waals surface area contributed by atoms with Crippen LogP contribution >= 0.6 is 0 Å². The van der Waals surface area contributed by atoms with Gasteiger partial charge >= 0.3 is 0 Å². The fraction of sp³-hybridized carbons (Fsp3) is 0.300. The third kappa shape index (κ3) is 5.54. The molecule has 2 rings (SSSR count). The number of aryl methyl sites for hydroxylation is 1. The van der Waals surface area contributed by atoms with Gasteiger partial charge in [0.25, 0.3) is 5.91 Å². The van der Waals surface area contributed by atoms with Crippen LogP contribution in [-0.2, 0) is 11.2 Å². The number of amides is 2. The van der Waals surface area contributed by atoms with Gasteiger partial charge in [0.2, 0.25) is 5.91 Å². The lowest BCUT2D eigenvalue weighted by molar-refractivity contribution is -0.115. The summed E-state index contributed by atoms with van der Waals surface area (Å²) in [6.45, 7) is 3.80. The molecule has 126 valence electrons. The first-order chi connectivity index (χ1) is 11.6. The molecule has 24 heavy (non-hydrogen) atoms. The maximum absolute atomic E-state index is 12.4. The van der Waals surface area contributed by atoms with Crippen LogP contribution in [-0.4, -0.2) is 17.9 Å². The van der Waals surface area contributed by atoms with E-state index in [0.29, 0.717) is 17.7 Å². The highest BCUT2D eigenvalue weighted by atomic mass is 16.2. The zero-order chi connectivity index (χ0) is 17.4. The van der Waals surface area contributed by atoms with Crippen LogP contribution in [0.4, 0.5) is 5.69 Å². The summed E-state index contributed by atoms with van der Waals surface area (Å²) in [7, 11) is 0. The number of carbonyl (C=O) groups is 2. The average molecular weight is 324 g/mol. The van der Waals surface area contributed by atoms with Crippen molar-refractivity contribution in [3.8, 4) is 0 Å². The Morgan fingerprint density at radius 2 is 1.79 bits per heavy atom. The summed E-state index contributed by atoms with van der Waals surface area (Å²) >= 11 is 0. The molecule has 0 radical (unpaired) electrons. The molecule has 4 heteroatoms. The van der Waals surface area contributed by atoms with Gasteiger partial charge in [-0.15, -0.1) is 0 Å². The van der Waals surface area contributed by atoms with E-state index in [4.69, 9.17) is 0 Å². The molecular weight excluding hydrogens is 300 g/mol. The molecule has 2 aromatic carbocycles. The predicted molar refractivity (Wildman–Crippen MR) is 97.1 cm³/mol. The van der Waals surface area contributed by atoms with Crippen molar-refractivity contribution in [2.75, 3.05) is 5.32 Å². The zero-order valence-corrected chi connectivity index (χ0v) is 14.2. The minimum Gasteiger partial charge on any atom is -0.350 e. The Balaban J connectivity index is 1.89. The van der Waals surface area contributed by atoms with Crippen LogP contribution in [0.25, 0.3) is 0 Å². The third-order valence-corrected chi connectivity index (χ3v) is 3.82. The number of carbonyl (C=O) groups excluding carboxylic acids is 2. The standard InChI is InChI=1S/C20H24N2O2/c1-3-19(23)22-18-11-7-10-17(14-18)20(24)21-15(2)12-13-16-8-5-4-6-9-16/h4-11,14-15H,3,12-13H2,1-2H3,(H,21,24)(H,22,23). The Bertz CT molecular complexity index is 683. The van der Waals surface area contributed by atoms with E-state index < -0.39 is 0 Å². The molecule has 0 aliphatic heterocycles. The maximum Gasteiger partial charge on any atom is 0.251 e. The highest BCUT2D eigenvalue weighted by Crippen LogP contribution is 2.12. The van der Waals surface area contributed by atoms with Gasteiger partial charge < -0.3 is 10.6 Å². The quantitative estimate of drug-likeness (QED) is 0.814. The Labute approximate surface area is 143 Å². The smallest absolute Gasteiger partial charge is 0.251 e. The molecule has 0 bridgehead atoms. The van der Waals surface area contributed by atoms with Crippen molar-refractivity contribution in [2.24, 2.45) is 0 Å². The summed E-state index contributed by atoms with van der Waals surface area (Å²) in [5.41, 5.74) is 2.46. The first-order valence-electron chi connectivity index (χ1n) is 8.33. The molecular formula is C20H24N2O2. The van der Waals surface area contributed by atoms with E-state index in [9.17, 15) is 9.59 Å². The molecule has 0 heterocycles. The number of anilines is 1. The van der Waals surface area contributed by atoms with Crippen LogP contribution < -0.4 is 10.6 Å². The molecule has 2 aromatic rings. The van der Waals surface area contributed by atoms with E-state index in [2.05, 4.69) is 22.8 Å². The zero-order valence-electron chi connectivity index (χ0n) is 14.2. The van der Waals surface area contributed by atoms with Gasteiger partial charge in [-0.2, -0.15) is 0 Å². The Morgan fingerprint density at radius 1 is 1.04 bits per heavy atom. The van der Waals surface area contributed by atoms with Crippen molar-refractivity contribution in [1.29, 1.82) is 0 Å². The first kappa shape index (κ1) is 17.7. The summed E-state index contributed by atoms with van der Waals surface area (Å²) < 4.78 is 0. The number of hydrogen-bond donors (Lipinski definition) is 2. The van der Waals surface area contributed by atoms with Gasteiger partial charge in [-0.05, 0) is 43.5 Å². The molecule has 2 amide bonds. The predicted octanol–water partition coefficient (Wildman–Crippen LogP) is 3.79. The molecule has 0 saturated carbocycles. The largest absolute Gasteiger partial charge is 0.350 e. The summed E-state index contributed by atoms with van der Waals surface area (Å²) in [5, 5.41) is 5.78. The summed E-state index contributed by atoms with van der Waals surface area (Å²) in [4.78, 5) is 23.8. The van der Waals surface area contributed by atoms with E-state index in [1.807, 2.05) is 25.1 Å². The highest BCUT2D eigenvalue weighted by Gasteiger charge is 2.11. The molecule has 1 unspecified atom stereocenters. The molecule has 0 spiro atoms. The topological polar surface area (TPSA) is 58.2 Å². The van der Waals surface area contributed by atoms with Crippen LogP contribution in [0.2, 0.25) is 0 Å². The second kappa shape index (κ2) is 8.87. The number of rotatable bonds is 7. The Morgan fingerprint density at radius 3 is 2.50 bits per heavy atom. The highest BCUT2D eigenvalue weighted by molar-refractivity contribution is 5.97. The van der Waals surface area contributed by atoms with Crippen molar-refractivity contribution in [3.63, 3.8) is 0 Å². The number of hydrogen-bond acceptors (Lipinski definition) is 2. The molecule has 0 aliphatic rings. The van der Waals surface area contributed by atoms with Crippen LogP contribution in [0.3, 0.4) is 0 Å². The third-order valence-electron chi connectivity index (χ3n) is 3.82. The van der Waals surface area contributed by atoms with Crippen LogP contribution in [0.15, 0.2) is 54.6 Å². The average Bonchev–Trinajstić information content (AvgIpc) is 2.61. The molecule has 0 saturated heterocycles. The van der Waals surface area contributed by atoms with Crippen LogP contribution in [0, 0.1) is 0 Å². The monoisotopic (exact) mass is 324 g/mol. The number of benzene rings is 2. The summed E-state index contributed by atoms with van der Waals surface area (Å²) in [6, 6.07) is 17.3. The van der Waals surface area contributed by atoms with Gasteiger partial charge in [-0.1, -0.05) is 43.3 Å². The van der Waals surface area contributed by atoms with Crippen LogP contribution in [0.5, 0.6) is 0 Å². The van der Waals surface area contributed by atoms with Gasteiger partial charge in [0, 0.05) is 23.7 Å². The summed E-state index contributed by atoms with van der Waals surface area (Å²) in [5.74, 6) is -0.188. The maximum atomic E-state index is 12.4. The molecule has 0 fully saturated rings. The SMILES string of the molecule is CCC(=O)Nc1cccc(C(=O)NC(C)CCc2ccccc2)c1. The van der Waals surface area contributed by atoms with Crippen molar-refractivity contribution in [3.05, 3.63) is 65.7 Å². The van der Waals surface area contributed by atoms with E-state index in [1.165, 1.54) is 5.56 Å². The van der Waals surface area contributed by atoms with Crippen molar-refractivity contribution < 1.29 is 9.59 Å². The van der Waals surface area contributed by atoms with E-state index in [-0.39, 0.29) is 17.9 Å². The first-order valence-corrected chi connectivity index (χ1v) is 8.33. The van der Waals surface area contributed by atoms with Crippen molar-refractivity contribution in [1.82, 2.24) is 5.32 Å². The minimum atomic E-state index is -0.122. The van der Waals surface area contributed by atoms with E-state index in [1.54, 1.807) is 31.2 Å². The van der Waals surface area contributed by atoms with Gasteiger partial charge in [0.05, 0.1) is 0 Å². The van der Waals surface area contributed by atoms with Gasteiger partial charge in [0.15, 0.2) is 0 Å². The molecule has 0 aliphatic carbocycles. The minimum absolute atomic E-state index is 0.0659. The van der Waals surface area contributed by atoms with E-state index in [0.717, 1.165) is 12.8 Å². The fourth-order valence-corrected chi connectivity index (χ4v) is 2.39. The Kier molecular flexibility index (Phi) is 6.55. The lowest BCUT2D eigenvalue weighted by atomic mass is 10.1. The van der Waals surface area contributed by atoms with Gasteiger partial charge in [-0.3, -0.25) is 9.59 Å². The van der Waals surface area contributed by atoms with Gasteiger partial charge in [0.1, 0.15) is 0 Å². The van der Waals surface area contributed by atoms with E-state index >= 15 is 0 Å². The van der Waals surface area contributed by atoms with Crippen molar-refractivity contribution in [2.45, 2.75) is 39.2 Å². The van der Waals surface area contributed by atoms with Crippen LogP contribution in [0.1, 0.15) is 42.6 Å². The summed E-state index contributed by atoms with van der Waals surface area (Å²) in [6.07, 6.45) is 2.21. The Hall–Kier alpha value is -2.62. The van der Waals surface area contributed by atoms with Crippen molar-refractivity contribution >= 4 is 17.5 Å². The second-order valence-corrected chi connectivity index (χ2v) is 5.88.